The van der Waals surface area contributed by atoms with Gasteiger partial charge in [0.2, 0.25) is 5.91 Å². The zero-order valence-electron chi connectivity index (χ0n) is 13.8. The number of nitrogens with zero attached hydrogens (tertiary/aromatic N) is 1. The number of rotatable bonds is 4. The first-order chi connectivity index (χ1) is 12.1. The fourth-order valence-corrected chi connectivity index (χ4v) is 2.92. The fraction of sp³-hybridized carbons (Fsp3) is 0.333. The van der Waals surface area contributed by atoms with Crippen molar-refractivity contribution in [1.82, 2.24) is 4.90 Å². The number of ether oxygens (including phenoxy) is 1. The van der Waals surface area contributed by atoms with Crippen LogP contribution in [0.3, 0.4) is 0 Å². The molecule has 0 bridgehead atoms. The van der Waals surface area contributed by atoms with Crippen LogP contribution < -0.4 is 10.1 Å². The monoisotopic (exact) mass is 346 g/mol. The van der Waals surface area contributed by atoms with Crippen LogP contribution in [0.5, 0.6) is 5.75 Å². The van der Waals surface area contributed by atoms with Gasteiger partial charge in [0.15, 0.2) is 0 Å². The van der Waals surface area contributed by atoms with Crippen molar-refractivity contribution in [2.45, 2.75) is 12.8 Å². The highest BCUT2D eigenvalue weighted by Gasteiger charge is 2.28. The summed E-state index contributed by atoms with van der Waals surface area (Å²) in [6, 6.07) is 5.59. The molecule has 0 atom stereocenters. The van der Waals surface area contributed by atoms with Crippen molar-refractivity contribution in [2.75, 3.05) is 25.5 Å². The summed E-state index contributed by atoms with van der Waals surface area (Å²) in [6.45, 7) is 1.01. The average Bonchev–Trinajstić information content (AvgIpc) is 3.17. The summed E-state index contributed by atoms with van der Waals surface area (Å²) in [6.07, 6.45) is 4.02. The number of halogens is 1. The highest BCUT2D eigenvalue weighted by Crippen LogP contribution is 2.27. The second kappa shape index (κ2) is 7.38. The third-order valence-electron chi connectivity index (χ3n) is 4.34. The van der Waals surface area contributed by atoms with E-state index < -0.39 is 5.82 Å². The average molecular weight is 346 g/mol. The maximum atomic E-state index is 13.2. The van der Waals surface area contributed by atoms with Gasteiger partial charge in [0.25, 0.3) is 5.91 Å². The zero-order chi connectivity index (χ0) is 17.8. The van der Waals surface area contributed by atoms with Crippen molar-refractivity contribution in [1.29, 1.82) is 0 Å². The molecule has 3 rings (SSSR count). The van der Waals surface area contributed by atoms with Crippen LogP contribution in [-0.2, 0) is 4.79 Å². The molecule has 0 aliphatic carbocycles. The van der Waals surface area contributed by atoms with E-state index in [1.807, 2.05) is 0 Å². The Morgan fingerprint density at radius 1 is 1.28 bits per heavy atom. The number of piperidine rings is 1. The molecule has 1 aliphatic rings. The van der Waals surface area contributed by atoms with Crippen LogP contribution >= 0.6 is 0 Å². The smallest absolute Gasteiger partial charge is 0.257 e. The lowest BCUT2D eigenvalue weighted by Gasteiger charge is -2.31. The van der Waals surface area contributed by atoms with Gasteiger partial charge in [-0.15, -0.1) is 0 Å². The molecule has 25 heavy (non-hydrogen) atoms. The van der Waals surface area contributed by atoms with Crippen molar-refractivity contribution in [3.63, 3.8) is 0 Å². The lowest BCUT2D eigenvalue weighted by atomic mass is 9.95. The second-order valence-electron chi connectivity index (χ2n) is 5.91. The molecule has 0 spiro atoms. The van der Waals surface area contributed by atoms with E-state index in [9.17, 15) is 14.0 Å². The summed E-state index contributed by atoms with van der Waals surface area (Å²) in [7, 11) is 1.42. The Balaban J connectivity index is 1.58. The number of amides is 2. The van der Waals surface area contributed by atoms with Gasteiger partial charge < -0.3 is 19.4 Å². The van der Waals surface area contributed by atoms with E-state index in [-0.39, 0.29) is 23.5 Å². The van der Waals surface area contributed by atoms with Gasteiger partial charge in [-0.05, 0) is 31.0 Å². The summed E-state index contributed by atoms with van der Waals surface area (Å²) >= 11 is 0. The predicted octanol–water partition coefficient (Wildman–Crippen LogP) is 2.92. The second-order valence-corrected chi connectivity index (χ2v) is 5.91. The molecule has 2 aromatic rings. The molecule has 6 nitrogen and oxygen atoms in total. The first-order valence-corrected chi connectivity index (χ1v) is 8.04. The molecule has 1 aromatic carbocycles. The molecule has 1 fully saturated rings. The van der Waals surface area contributed by atoms with Gasteiger partial charge >= 0.3 is 0 Å². The number of anilines is 1. The minimum atomic E-state index is -0.430. The summed E-state index contributed by atoms with van der Waals surface area (Å²) < 4.78 is 23.2. The minimum absolute atomic E-state index is 0.0900. The normalized spacial score (nSPS) is 15.0. The van der Waals surface area contributed by atoms with E-state index >= 15 is 0 Å². The minimum Gasteiger partial charge on any atom is -0.494 e. The Hall–Kier alpha value is -2.83. The van der Waals surface area contributed by atoms with Crippen LogP contribution in [0.4, 0.5) is 10.1 Å². The Morgan fingerprint density at radius 3 is 2.68 bits per heavy atom. The van der Waals surface area contributed by atoms with E-state index in [0.29, 0.717) is 37.2 Å². The Morgan fingerprint density at radius 2 is 2.04 bits per heavy atom. The molecule has 0 unspecified atom stereocenters. The first-order valence-electron chi connectivity index (χ1n) is 8.04. The third-order valence-corrected chi connectivity index (χ3v) is 4.34. The van der Waals surface area contributed by atoms with Crippen LogP contribution in [0.15, 0.2) is 41.2 Å². The molecule has 132 valence electrons. The number of hydrogen-bond donors (Lipinski definition) is 1. The Bertz CT molecular complexity index is 752. The lowest BCUT2D eigenvalue weighted by molar-refractivity contribution is -0.121. The van der Waals surface area contributed by atoms with Gasteiger partial charge in [0.1, 0.15) is 17.8 Å². The summed E-state index contributed by atoms with van der Waals surface area (Å²) in [5.74, 6) is -0.599. The molecule has 2 amide bonds. The standard InChI is InChI=1S/C18H19FN2O4/c1-24-16-10-14(19)2-3-15(16)20-17(22)12-4-7-21(8-5-12)18(23)13-6-9-25-11-13/h2-3,6,9-12H,4-5,7-8H2,1H3,(H,20,22). The van der Waals surface area contributed by atoms with Crippen molar-refractivity contribution in [3.05, 3.63) is 48.2 Å². The number of furan rings is 1. The molecule has 2 heterocycles. The largest absolute Gasteiger partial charge is 0.494 e. The number of carbonyl (C=O) groups excluding carboxylic acids is 2. The number of methoxy groups -OCH3 is 1. The lowest BCUT2D eigenvalue weighted by Crippen LogP contribution is -2.41. The SMILES string of the molecule is COc1cc(F)ccc1NC(=O)C1CCN(C(=O)c2ccoc2)CC1. The van der Waals surface area contributed by atoms with Gasteiger partial charge in [-0.1, -0.05) is 0 Å². The van der Waals surface area contributed by atoms with Crippen LogP contribution in [0.25, 0.3) is 0 Å². The fourth-order valence-electron chi connectivity index (χ4n) is 2.92. The third kappa shape index (κ3) is 3.81. The molecule has 0 radical (unpaired) electrons. The highest BCUT2D eigenvalue weighted by atomic mass is 19.1. The van der Waals surface area contributed by atoms with Crippen molar-refractivity contribution in [2.24, 2.45) is 5.92 Å². The molecule has 1 aliphatic heterocycles. The first kappa shape index (κ1) is 17.0. The van der Waals surface area contributed by atoms with Crippen LogP contribution in [-0.4, -0.2) is 36.9 Å². The number of carbonyl (C=O) groups is 2. The maximum absolute atomic E-state index is 13.2. The van der Waals surface area contributed by atoms with E-state index in [4.69, 9.17) is 9.15 Å². The number of hydrogen-bond acceptors (Lipinski definition) is 4. The molecule has 1 N–H and O–H groups in total. The topological polar surface area (TPSA) is 71.8 Å². The van der Waals surface area contributed by atoms with Gasteiger partial charge in [-0.3, -0.25) is 9.59 Å². The van der Waals surface area contributed by atoms with Crippen LogP contribution in [0.1, 0.15) is 23.2 Å². The molecule has 0 saturated carbocycles. The summed E-state index contributed by atoms with van der Waals surface area (Å²) in [5, 5.41) is 2.78. The van der Waals surface area contributed by atoms with Crippen molar-refractivity contribution in [3.8, 4) is 5.75 Å². The van der Waals surface area contributed by atoms with E-state index in [2.05, 4.69) is 5.32 Å². The maximum Gasteiger partial charge on any atom is 0.257 e. The van der Waals surface area contributed by atoms with Gasteiger partial charge in [0.05, 0.1) is 24.6 Å². The Kier molecular flexibility index (Phi) is 5.02. The molecular formula is C18H19FN2O4. The van der Waals surface area contributed by atoms with E-state index in [0.717, 1.165) is 0 Å². The van der Waals surface area contributed by atoms with Crippen molar-refractivity contribution < 1.29 is 23.1 Å². The molecule has 1 saturated heterocycles. The molecule has 7 heteroatoms. The molecule has 1 aromatic heterocycles. The van der Waals surface area contributed by atoms with Gasteiger partial charge in [-0.2, -0.15) is 0 Å². The number of nitrogens with one attached hydrogen (secondary N) is 1. The van der Waals surface area contributed by atoms with Gasteiger partial charge in [0, 0.05) is 25.1 Å². The predicted molar refractivity (Wildman–Crippen MR) is 88.9 cm³/mol. The van der Waals surface area contributed by atoms with Crippen LogP contribution in [0, 0.1) is 11.7 Å². The van der Waals surface area contributed by atoms with E-state index in [1.165, 1.54) is 37.8 Å². The molecular weight excluding hydrogens is 327 g/mol. The highest BCUT2D eigenvalue weighted by molar-refractivity contribution is 5.95. The quantitative estimate of drug-likeness (QED) is 0.924. The van der Waals surface area contributed by atoms with E-state index in [1.54, 1.807) is 11.0 Å². The number of likely N-dealkylation sites (tertiary alicyclic amines) is 1. The van der Waals surface area contributed by atoms with Crippen LogP contribution in [0.2, 0.25) is 0 Å². The summed E-state index contributed by atoms with van der Waals surface area (Å²) in [4.78, 5) is 26.4. The van der Waals surface area contributed by atoms with Crippen molar-refractivity contribution >= 4 is 17.5 Å². The summed E-state index contributed by atoms with van der Waals surface area (Å²) in [5.41, 5.74) is 0.949. The zero-order valence-corrected chi connectivity index (χ0v) is 13.8. The number of benzene rings is 1. The Labute approximate surface area is 144 Å². The van der Waals surface area contributed by atoms with Gasteiger partial charge in [-0.25, -0.2) is 4.39 Å².